The Morgan fingerprint density at radius 3 is 2.71 bits per heavy atom. The van der Waals surface area contributed by atoms with Gasteiger partial charge in [-0.2, -0.15) is 0 Å². The first-order chi connectivity index (χ1) is 6.51. The van der Waals surface area contributed by atoms with E-state index in [1.807, 2.05) is 6.07 Å². The lowest BCUT2D eigenvalue weighted by atomic mass is 10.1. The van der Waals surface area contributed by atoms with Crippen molar-refractivity contribution in [3.63, 3.8) is 0 Å². The molecule has 14 heavy (non-hydrogen) atoms. The normalized spacial score (nSPS) is 10.9. The van der Waals surface area contributed by atoms with Crippen molar-refractivity contribution in [1.82, 2.24) is 0 Å². The number of aryl methyl sites for hydroxylation is 1. The summed E-state index contributed by atoms with van der Waals surface area (Å²) in [5.41, 5.74) is 1.62. The molecule has 0 aliphatic carbocycles. The predicted octanol–water partition coefficient (Wildman–Crippen LogP) is 1.78. The third-order valence-corrected chi connectivity index (χ3v) is 2.88. The van der Waals surface area contributed by atoms with Gasteiger partial charge in [-0.05, 0) is 24.1 Å². The van der Waals surface area contributed by atoms with E-state index >= 15 is 0 Å². The van der Waals surface area contributed by atoms with Crippen LogP contribution < -0.4 is 0 Å². The smallest absolute Gasteiger partial charge is 0.212 e. The Hall–Kier alpha value is -0.980. The maximum absolute atomic E-state index is 10.7. The minimum absolute atomic E-state index is 0.0669. The van der Waals surface area contributed by atoms with E-state index in [1.165, 1.54) is 0 Å². The van der Waals surface area contributed by atoms with E-state index in [0.717, 1.165) is 11.1 Å². The highest BCUT2D eigenvalue weighted by molar-refractivity contribution is 8.13. The van der Waals surface area contributed by atoms with Gasteiger partial charge in [0.1, 0.15) is 0 Å². The summed E-state index contributed by atoms with van der Waals surface area (Å²) < 4.78 is 21.4. The average Bonchev–Trinajstić information content (AvgIpc) is 2.14. The molecule has 4 heteroatoms. The molecule has 1 aromatic carbocycles. The van der Waals surface area contributed by atoms with Crippen molar-refractivity contribution in [2.45, 2.75) is 6.42 Å². The summed E-state index contributed by atoms with van der Waals surface area (Å²) in [5.74, 6) is 2.42. The number of hydrogen-bond donors (Lipinski definition) is 0. The van der Waals surface area contributed by atoms with Crippen molar-refractivity contribution in [2.75, 3.05) is 5.75 Å². The Kier molecular flexibility index (Phi) is 3.56. The van der Waals surface area contributed by atoms with Crippen LogP contribution in [0.3, 0.4) is 0 Å². The molecule has 0 atom stereocenters. The van der Waals surface area contributed by atoms with Crippen LogP contribution >= 0.6 is 10.7 Å². The monoisotopic (exact) mass is 228 g/mol. The lowest BCUT2D eigenvalue weighted by Gasteiger charge is -1.99. The summed E-state index contributed by atoms with van der Waals surface area (Å²) in [4.78, 5) is 0. The van der Waals surface area contributed by atoms with Crippen molar-refractivity contribution >= 4 is 19.7 Å². The van der Waals surface area contributed by atoms with Gasteiger partial charge in [-0.25, -0.2) is 8.42 Å². The molecule has 0 amide bonds. The Bertz CT molecular complexity index is 457. The lowest BCUT2D eigenvalue weighted by Crippen LogP contribution is -2.01. The molecule has 0 aromatic heterocycles. The first-order valence-electron chi connectivity index (χ1n) is 3.99. The Labute approximate surface area is 88.3 Å². The summed E-state index contributed by atoms with van der Waals surface area (Å²) in [6.45, 7) is 0. The molecule has 74 valence electrons. The van der Waals surface area contributed by atoms with Gasteiger partial charge in [-0.1, -0.05) is 18.1 Å². The van der Waals surface area contributed by atoms with Crippen molar-refractivity contribution in [3.05, 3.63) is 35.4 Å². The zero-order valence-electron chi connectivity index (χ0n) is 7.40. The molecule has 2 nitrogen and oxygen atoms in total. The van der Waals surface area contributed by atoms with E-state index in [2.05, 4.69) is 5.92 Å². The Morgan fingerprint density at radius 1 is 1.43 bits per heavy atom. The second-order valence-electron chi connectivity index (χ2n) is 2.84. The summed E-state index contributed by atoms with van der Waals surface area (Å²) >= 11 is 0. The van der Waals surface area contributed by atoms with Crippen LogP contribution in [0.15, 0.2) is 24.3 Å². The number of benzene rings is 1. The van der Waals surface area contributed by atoms with E-state index in [0.29, 0.717) is 6.42 Å². The third kappa shape index (κ3) is 3.82. The minimum atomic E-state index is -3.42. The predicted molar refractivity (Wildman–Crippen MR) is 57.7 cm³/mol. The molecule has 0 heterocycles. The summed E-state index contributed by atoms with van der Waals surface area (Å²) in [7, 11) is 1.67. The summed E-state index contributed by atoms with van der Waals surface area (Å²) in [5, 5.41) is 0. The third-order valence-electron chi connectivity index (χ3n) is 1.73. The quantitative estimate of drug-likeness (QED) is 0.584. The maximum atomic E-state index is 10.7. The number of terminal acetylenes is 1. The van der Waals surface area contributed by atoms with Crippen LogP contribution in [-0.2, 0) is 15.5 Å². The van der Waals surface area contributed by atoms with E-state index in [-0.39, 0.29) is 5.75 Å². The molecule has 1 rings (SSSR count). The zero-order chi connectivity index (χ0) is 10.6. The first-order valence-corrected chi connectivity index (χ1v) is 6.47. The molecule has 0 radical (unpaired) electrons. The van der Waals surface area contributed by atoms with Crippen LogP contribution in [-0.4, -0.2) is 14.2 Å². The standard InChI is InChI=1S/C10H9ClO2S/c1-2-9-4-3-5-10(8-9)6-7-14(11,12)13/h1,3-5,8H,6-7H2. The Balaban J connectivity index is 2.74. The highest BCUT2D eigenvalue weighted by Gasteiger charge is 2.05. The second kappa shape index (κ2) is 4.50. The largest absolute Gasteiger partial charge is 0.232 e. The molecule has 0 unspecified atom stereocenters. The SMILES string of the molecule is C#Cc1cccc(CCS(=O)(=O)Cl)c1. The molecule has 0 aliphatic heterocycles. The highest BCUT2D eigenvalue weighted by Crippen LogP contribution is 2.07. The molecule has 0 bridgehead atoms. The molecule has 0 fully saturated rings. The van der Waals surface area contributed by atoms with Gasteiger partial charge in [0.25, 0.3) is 0 Å². The molecular formula is C10H9ClO2S. The van der Waals surface area contributed by atoms with Crippen molar-refractivity contribution in [2.24, 2.45) is 0 Å². The number of hydrogen-bond acceptors (Lipinski definition) is 2. The van der Waals surface area contributed by atoms with Crippen molar-refractivity contribution in [1.29, 1.82) is 0 Å². The fourth-order valence-electron chi connectivity index (χ4n) is 1.06. The van der Waals surface area contributed by atoms with Gasteiger partial charge in [0, 0.05) is 16.2 Å². The van der Waals surface area contributed by atoms with Crippen LogP contribution in [0.4, 0.5) is 0 Å². The first kappa shape index (κ1) is 11.1. The molecule has 0 saturated carbocycles. The second-order valence-corrected chi connectivity index (χ2v) is 5.73. The van der Waals surface area contributed by atoms with Gasteiger partial charge in [0.15, 0.2) is 0 Å². The minimum Gasteiger partial charge on any atom is -0.212 e. The maximum Gasteiger partial charge on any atom is 0.232 e. The molecular weight excluding hydrogens is 220 g/mol. The van der Waals surface area contributed by atoms with E-state index < -0.39 is 9.05 Å². The van der Waals surface area contributed by atoms with Gasteiger partial charge in [-0.15, -0.1) is 6.42 Å². The van der Waals surface area contributed by atoms with Crippen molar-refractivity contribution in [3.8, 4) is 12.3 Å². The molecule has 1 aromatic rings. The van der Waals surface area contributed by atoms with E-state index in [1.54, 1.807) is 18.2 Å². The average molecular weight is 229 g/mol. The zero-order valence-corrected chi connectivity index (χ0v) is 8.98. The van der Waals surface area contributed by atoms with Gasteiger partial charge in [-0.3, -0.25) is 0 Å². The fraction of sp³-hybridized carbons (Fsp3) is 0.200. The van der Waals surface area contributed by atoms with Crippen LogP contribution in [0.25, 0.3) is 0 Å². The van der Waals surface area contributed by atoms with Gasteiger partial charge >= 0.3 is 0 Å². The van der Waals surface area contributed by atoms with Crippen LogP contribution in [0.2, 0.25) is 0 Å². The van der Waals surface area contributed by atoms with Crippen LogP contribution in [0, 0.1) is 12.3 Å². The molecule has 0 aliphatic rings. The summed E-state index contributed by atoms with van der Waals surface area (Å²) in [6, 6.07) is 7.19. The van der Waals surface area contributed by atoms with Crippen molar-refractivity contribution < 1.29 is 8.42 Å². The van der Waals surface area contributed by atoms with Gasteiger partial charge in [0.05, 0.1) is 5.75 Å². The molecule has 0 spiro atoms. The topological polar surface area (TPSA) is 34.1 Å². The number of rotatable bonds is 3. The van der Waals surface area contributed by atoms with Gasteiger partial charge in [0.2, 0.25) is 9.05 Å². The fourth-order valence-corrected chi connectivity index (χ4v) is 1.77. The highest BCUT2D eigenvalue weighted by atomic mass is 35.7. The molecule has 0 saturated heterocycles. The van der Waals surface area contributed by atoms with E-state index in [9.17, 15) is 8.42 Å². The lowest BCUT2D eigenvalue weighted by molar-refractivity contribution is 0.609. The van der Waals surface area contributed by atoms with E-state index in [4.69, 9.17) is 17.1 Å². The molecule has 0 N–H and O–H groups in total. The van der Waals surface area contributed by atoms with Crippen LogP contribution in [0.5, 0.6) is 0 Å². The summed E-state index contributed by atoms with van der Waals surface area (Å²) in [6.07, 6.45) is 5.60. The number of halogens is 1. The Morgan fingerprint density at radius 2 is 2.14 bits per heavy atom. The van der Waals surface area contributed by atoms with Gasteiger partial charge < -0.3 is 0 Å². The van der Waals surface area contributed by atoms with Crippen LogP contribution in [0.1, 0.15) is 11.1 Å².